The van der Waals surface area contributed by atoms with E-state index in [0.29, 0.717) is 37.6 Å². The smallest absolute Gasteiger partial charge is 0.252 e. The van der Waals surface area contributed by atoms with Crippen LogP contribution in [0, 0.1) is 6.92 Å². The molecule has 0 radical (unpaired) electrons. The van der Waals surface area contributed by atoms with Gasteiger partial charge < -0.3 is 10.2 Å². The highest BCUT2D eigenvalue weighted by Crippen LogP contribution is 2.15. The lowest BCUT2D eigenvalue weighted by Gasteiger charge is -2.33. The Morgan fingerprint density at radius 3 is 2.62 bits per heavy atom. The van der Waals surface area contributed by atoms with Crippen molar-refractivity contribution >= 4 is 21.9 Å². The van der Waals surface area contributed by atoms with Crippen molar-refractivity contribution in [3.8, 4) is 0 Å². The van der Waals surface area contributed by atoms with Gasteiger partial charge >= 0.3 is 0 Å². The summed E-state index contributed by atoms with van der Waals surface area (Å²) in [5.41, 5.74) is 0.477. The third-order valence-electron chi connectivity index (χ3n) is 3.95. The predicted molar refractivity (Wildman–Crippen MR) is 90.4 cm³/mol. The molecule has 2 N–H and O–H groups in total. The van der Waals surface area contributed by atoms with E-state index in [4.69, 9.17) is 0 Å². The van der Waals surface area contributed by atoms with E-state index in [0.717, 1.165) is 10.6 Å². The first-order chi connectivity index (χ1) is 11.1. The molecule has 10 heteroatoms. The van der Waals surface area contributed by atoms with Crippen molar-refractivity contribution in [1.82, 2.24) is 19.6 Å². The van der Waals surface area contributed by atoms with Gasteiger partial charge in [-0.3, -0.25) is 14.6 Å². The fraction of sp³-hybridized carbons (Fsp3) is 0.643. The molecule has 0 aliphatic carbocycles. The largest absolute Gasteiger partial charge is 0.352 e. The van der Waals surface area contributed by atoms with Gasteiger partial charge in [0, 0.05) is 37.9 Å². The van der Waals surface area contributed by atoms with Crippen LogP contribution in [0.3, 0.4) is 0 Å². The third kappa shape index (κ3) is 5.03. The number of H-pyrrole nitrogens is 1. The van der Waals surface area contributed by atoms with E-state index in [2.05, 4.69) is 15.3 Å². The van der Waals surface area contributed by atoms with Crippen LogP contribution in [0.15, 0.2) is 10.9 Å². The van der Waals surface area contributed by atoms with Crippen LogP contribution in [0.4, 0.5) is 5.95 Å². The fourth-order valence-corrected chi connectivity index (χ4v) is 2.89. The first kappa shape index (κ1) is 18.4. The first-order valence-corrected chi connectivity index (χ1v) is 9.53. The van der Waals surface area contributed by atoms with Crippen molar-refractivity contribution in [2.45, 2.75) is 25.8 Å². The summed E-state index contributed by atoms with van der Waals surface area (Å²) in [6.45, 7) is 2.88. The average Bonchev–Trinajstić information content (AvgIpc) is 2.45. The van der Waals surface area contributed by atoms with Gasteiger partial charge in [-0.25, -0.2) is 13.4 Å². The SMILES string of the molecule is Cc1cc(=O)[nH]c(N2CCC(NC(=O)CN(C)S(C)(=O)=O)CC2)n1. The van der Waals surface area contributed by atoms with Crippen LogP contribution in [0.25, 0.3) is 0 Å². The summed E-state index contributed by atoms with van der Waals surface area (Å²) in [6.07, 6.45) is 2.46. The predicted octanol–water partition coefficient (Wildman–Crippen LogP) is -0.945. The number of hydrogen-bond acceptors (Lipinski definition) is 6. The average molecular weight is 357 g/mol. The second kappa shape index (κ2) is 7.31. The summed E-state index contributed by atoms with van der Waals surface area (Å²) in [4.78, 5) is 32.4. The number of hydrogen-bond donors (Lipinski definition) is 2. The molecule has 0 bridgehead atoms. The van der Waals surface area contributed by atoms with Crippen molar-refractivity contribution in [2.24, 2.45) is 0 Å². The first-order valence-electron chi connectivity index (χ1n) is 7.69. The molecule has 9 nitrogen and oxygen atoms in total. The number of carbonyl (C=O) groups excluding carboxylic acids is 1. The zero-order chi connectivity index (χ0) is 17.9. The molecule has 2 heterocycles. The van der Waals surface area contributed by atoms with Crippen LogP contribution in [-0.4, -0.2) is 67.6 Å². The Kier molecular flexibility index (Phi) is 5.60. The van der Waals surface area contributed by atoms with Crippen LogP contribution < -0.4 is 15.8 Å². The summed E-state index contributed by atoms with van der Waals surface area (Å²) < 4.78 is 23.6. The van der Waals surface area contributed by atoms with E-state index in [1.165, 1.54) is 13.1 Å². The zero-order valence-corrected chi connectivity index (χ0v) is 14.9. The van der Waals surface area contributed by atoms with Crippen molar-refractivity contribution in [1.29, 1.82) is 0 Å². The molecule has 2 rings (SSSR count). The highest BCUT2D eigenvalue weighted by Gasteiger charge is 2.23. The van der Waals surface area contributed by atoms with E-state index in [1.807, 2.05) is 4.90 Å². The van der Waals surface area contributed by atoms with Gasteiger partial charge in [0.1, 0.15) is 0 Å². The van der Waals surface area contributed by atoms with E-state index >= 15 is 0 Å². The molecule has 1 aromatic rings. The van der Waals surface area contributed by atoms with Crippen molar-refractivity contribution in [3.05, 3.63) is 22.1 Å². The number of nitrogens with one attached hydrogen (secondary N) is 2. The van der Waals surface area contributed by atoms with Gasteiger partial charge in [0.05, 0.1) is 12.8 Å². The number of likely N-dealkylation sites (N-methyl/N-ethyl adjacent to an activating group) is 1. The van der Waals surface area contributed by atoms with Crippen LogP contribution in [0.5, 0.6) is 0 Å². The molecule has 0 aromatic carbocycles. The molecule has 0 unspecified atom stereocenters. The van der Waals surface area contributed by atoms with E-state index in [-0.39, 0.29) is 24.1 Å². The van der Waals surface area contributed by atoms with Crippen LogP contribution in [0.2, 0.25) is 0 Å². The summed E-state index contributed by atoms with van der Waals surface area (Å²) in [5, 5.41) is 2.85. The number of carbonyl (C=O) groups is 1. The second-order valence-electron chi connectivity index (χ2n) is 6.06. The molecule has 1 saturated heterocycles. The Morgan fingerprint density at radius 2 is 2.08 bits per heavy atom. The molecule has 1 amide bonds. The van der Waals surface area contributed by atoms with Crippen LogP contribution in [-0.2, 0) is 14.8 Å². The van der Waals surface area contributed by atoms with E-state index in [1.54, 1.807) is 6.92 Å². The topological polar surface area (TPSA) is 115 Å². The highest BCUT2D eigenvalue weighted by atomic mass is 32.2. The van der Waals surface area contributed by atoms with E-state index in [9.17, 15) is 18.0 Å². The number of amides is 1. The number of aryl methyl sites for hydroxylation is 1. The lowest BCUT2D eigenvalue weighted by atomic mass is 10.1. The molecule has 134 valence electrons. The quantitative estimate of drug-likeness (QED) is 0.702. The summed E-state index contributed by atoms with van der Waals surface area (Å²) in [5.74, 6) is 0.227. The lowest BCUT2D eigenvalue weighted by molar-refractivity contribution is -0.121. The second-order valence-corrected chi connectivity index (χ2v) is 8.15. The summed E-state index contributed by atoms with van der Waals surface area (Å²) >= 11 is 0. The molecule has 1 fully saturated rings. The molecular weight excluding hydrogens is 334 g/mol. The maximum atomic E-state index is 11.9. The van der Waals surface area contributed by atoms with Crippen LogP contribution in [0.1, 0.15) is 18.5 Å². The molecule has 0 spiro atoms. The van der Waals surface area contributed by atoms with Crippen molar-refractivity contribution in [3.63, 3.8) is 0 Å². The van der Waals surface area contributed by atoms with Gasteiger partial charge in [-0.05, 0) is 19.8 Å². The van der Waals surface area contributed by atoms with E-state index < -0.39 is 10.0 Å². The minimum absolute atomic E-state index is 0.0155. The van der Waals surface area contributed by atoms with Gasteiger partial charge in [0.2, 0.25) is 21.9 Å². The number of aromatic amines is 1. The summed E-state index contributed by atoms with van der Waals surface area (Å²) in [7, 11) is -2.00. The van der Waals surface area contributed by atoms with Gasteiger partial charge in [-0.1, -0.05) is 0 Å². The standard InChI is InChI=1S/C14H23N5O4S/c1-10-8-12(20)17-14(15-10)19-6-4-11(5-7-19)16-13(21)9-18(2)24(3,22)23/h8,11H,4-7,9H2,1-3H3,(H,16,21)(H,15,17,20). The number of nitrogens with zero attached hydrogens (tertiary/aromatic N) is 3. The Morgan fingerprint density at radius 1 is 1.46 bits per heavy atom. The molecule has 0 saturated carbocycles. The monoisotopic (exact) mass is 357 g/mol. The summed E-state index contributed by atoms with van der Waals surface area (Å²) in [6, 6.07) is 1.42. The Hall–Kier alpha value is -1.94. The number of aromatic nitrogens is 2. The minimum atomic E-state index is -3.37. The van der Waals surface area contributed by atoms with Gasteiger partial charge in [-0.2, -0.15) is 4.31 Å². The third-order valence-corrected chi connectivity index (χ3v) is 5.21. The van der Waals surface area contributed by atoms with Crippen molar-refractivity contribution in [2.75, 3.05) is 37.8 Å². The van der Waals surface area contributed by atoms with Gasteiger partial charge in [0.25, 0.3) is 5.56 Å². The number of piperidine rings is 1. The lowest BCUT2D eigenvalue weighted by Crippen LogP contribution is -2.48. The normalized spacial score (nSPS) is 16.4. The Labute approximate surface area is 141 Å². The maximum absolute atomic E-state index is 11.9. The molecule has 0 atom stereocenters. The van der Waals surface area contributed by atoms with Gasteiger partial charge in [0.15, 0.2) is 0 Å². The molecule has 1 aromatic heterocycles. The highest BCUT2D eigenvalue weighted by molar-refractivity contribution is 7.88. The number of sulfonamides is 1. The Bertz CT molecular complexity index is 753. The minimum Gasteiger partial charge on any atom is -0.352 e. The molecular formula is C14H23N5O4S. The van der Waals surface area contributed by atoms with Crippen molar-refractivity contribution < 1.29 is 13.2 Å². The number of anilines is 1. The Balaban J connectivity index is 1.86. The fourth-order valence-electron chi connectivity index (χ4n) is 2.54. The molecule has 1 aliphatic heterocycles. The number of rotatable bonds is 5. The van der Waals surface area contributed by atoms with Gasteiger partial charge in [-0.15, -0.1) is 0 Å². The zero-order valence-electron chi connectivity index (χ0n) is 14.1. The maximum Gasteiger partial charge on any atom is 0.252 e. The molecule has 1 aliphatic rings. The molecule has 24 heavy (non-hydrogen) atoms. The van der Waals surface area contributed by atoms with Crippen LogP contribution >= 0.6 is 0 Å².